The summed E-state index contributed by atoms with van der Waals surface area (Å²) in [4.78, 5) is 2.48. The van der Waals surface area contributed by atoms with Crippen LogP contribution in [0.4, 0.5) is 0 Å². The van der Waals surface area contributed by atoms with Crippen molar-refractivity contribution in [1.82, 2.24) is 10.2 Å². The summed E-state index contributed by atoms with van der Waals surface area (Å²) in [6.45, 7) is 6.66. The lowest BCUT2D eigenvalue weighted by atomic mass is 10.3. The van der Waals surface area contributed by atoms with Gasteiger partial charge >= 0.3 is 0 Å². The topological polar surface area (TPSA) is 33.7 Å². The zero-order chi connectivity index (χ0) is 12.5. The molecule has 1 aliphatic carbocycles. The van der Waals surface area contributed by atoms with E-state index in [-0.39, 0.29) is 0 Å². The fraction of sp³-hybridized carbons (Fsp3) is 1.00. The minimum absolute atomic E-state index is 0.621. The first-order chi connectivity index (χ1) is 8.25. The lowest BCUT2D eigenvalue weighted by Crippen LogP contribution is -2.40. The highest BCUT2D eigenvalue weighted by Gasteiger charge is 2.28. The van der Waals surface area contributed by atoms with E-state index in [0.29, 0.717) is 6.04 Å². The molecule has 17 heavy (non-hydrogen) atoms. The minimum Gasteiger partial charge on any atom is -0.385 e. The number of ether oxygens (including phenoxy) is 2. The molecule has 0 bridgehead atoms. The molecule has 4 heteroatoms. The molecule has 102 valence electrons. The normalized spacial score (nSPS) is 17.6. The third-order valence-corrected chi connectivity index (χ3v) is 3.32. The highest BCUT2D eigenvalue weighted by molar-refractivity contribution is 4.85. The number of rotatable bonds is 11. The van der Waals surface area contributed by atoms with Gasteiger partial charge in [-0.2, -0.15) is 0 Å². The van der Waals surface area contributed by atoms with E-state index in [0.717, 1.165) is 45.4 Å². The maximum Gasteiger partial charge on any atom is 0.0590 e. The summed E-state index contributed by atoms with van der Waals surface area (Å²) in [5, 5.41) is 3.44. The van der Waals surface area contributed by atoms with Gasteiger partial charge in [0.1, 0.15) is 0 Å². The van der Waals surface area contributed by atoms with Crippen LogP contribution in [0.15, 0.2) is 0 Å². The summed E-state index contributed by atoms with van der Waals surface area (Å²) in [5.74, 6) is 0. The fourth-order valence-corrected chi connectivity index (χ4v) is 1.85. The van der Waals surface area contributed by atoms with Crippen molar-refractivity contribution in [2.75, 3.05) is 47.1 Å². The molecule has 1 atom stereocenters. The molecule has 0 aromatic rings. The predicted molar refractivity (Wildman–Crippen MR) is 70.4 cm³/mol. The zero-order valence-electron chi connectivity index (χ0n) is 11.6. The number of hydrogen-bond acceptors (Lipinski definition) is 4. The summed E-state index contributed by atoms with van der Waals surface area (Å²) in [6, 6.07) is 1.47. The van der Waals surface area contributed by atoms with Crippen LogP contribution < -0.4 is 5.32 Å². The molecule has 1 aliphatic rings. The van der Waals surface area contributed by atoms with Gasteiger partial charge in [0, 0.05) is 45.5 Å². The van der Waals surface area contributed by atoms with Gasteiger partial charge < -0.3 is 14.8 Å². The second-order valence-corrected chi connectivity index (χ2v) is 4.91. The molecular weight excluding hydrogens is 216 g/mol. The first-order valence-corrected chi connectivity index (χ1v) is 6.75. The monoisotopic (exact) mass is 244 g/mol. The van der Waals surface area contributed by atoms with Gasteiger partial charge in [0.05, 0.1) is 6.61 Å². The van der Waals surface area contributed by atoms with E-state index in [9.17, 15) is 0 Å². The van der Waals surface area contributed by atoms with E-state index in [4.69, 9.17) is 9.47 Å². The number of likely N-dealkylation sites (N-methyl/N-ethyl adjacent to an activating group) is 1. The van der Waals surface area contributed by atoms with Crippen LogP contribution in [-0.2, 0) is 9.47 Å². The third kappa shape index (κ3) is 6.99. The zero-order valence-corrected chi connectivity index (χ0v) is 11.6. The first-order valence-electron chi connectivity index (χ1n) is 6.75. The molecule has 0 spiro atoms. The van der Waals surface area contributed by atoms with Crippen LogP contribution in [-0.4, -0.2) is 64.1 Å². The first kappa shape index (κ1) is 14.9. The van der Waals surface area contributed by atoms with Gasteiger partial charge in [-0.25, -0.2) is 0 Å². The smallest absolute Gasteiger partial charge is 0.0590 e. The van der Waals surface area contributed by atoms with Gasteiger partial charge in [0.15, 0.2) is 0 Å². The second kappa shape index (κ2) is 8.86. The van der Waals surface area contributed by atoms with Crippen LogP contribution in [0.2, 0.25) is 0 Å². The Labute approximate surface area is 106 Å². The molecule has 0 aromatic carbocycles. The SMILES string of the molecule is COCCCOCCNCC(C)N(C)C1CC1. The quantitative estimate of drug-likeness (QED) is 0.552. The van der Waals surface area contributed by atoms with E-state index >= 15 is 0 Å². The Morgan fingerprint density at radius 2 is 2.06 bits per heavy atom. The molecule has 4 nitrogen and oxygen atoms in total. The molecule has 0 aromatic heterocycles. The second-order valence-electron chi connectivity index (χ2n) is 4.91. The van der Waals surface area contributed by atoms with Crippen molar-refractivity contribution >= 4 is 0 Å². The van der Waals surface area contributed by atoms with Crippen molar-refractivity contribution < 1.29 is 9.47 Å². The summed E-state index contributed by atoms with van der Waals surface area (Å²) in [6.07, 6.45) is 3.74. The molecule has 0 saturated heterocycles. The van der Waals surface area contributed by atoms with Crippen LogP contribution in [0.25, 0.3) is 0 Å². The summed E-state index contributed by atoms with van der Waals surface area (Å²) < 4.78 is 10.4. The van der Waals surface area contributed by atoms with Crippen molar-refractivity contribution in [1.29, 1.82) is 0 Å². The summed E-state index contributed by atoms with van der Waals surface area (Å²) in [5.41, 5.74) is 0. The van der Waals surface area contributed by atoms with E-state index in [2.05, 4.69) is 24.2 Å². The fourth-order valence-electron chi connectivity index (χ4n) is 1.85. The van der Waals surface area contributed by atoms with Crippen LogP contribution in [0.5, 0.6) is 0 Å². The minimum atomic E-state index is 0.621. The highest BCUT2D eigenvalue weighted by Crippen LogP contribution is 2.26. The molecule has 0 heterocycles. The maximum atomic E-state index is 5.48. The largest absolute Gasteiger partial charge is 0.385 e. The average Bonchev–Trinajstić information content (AvgIpc) is 3.15. The van der Waals surface area contributed by atoms with Gasteiger partial charge in [-0.3, -0.25) is 4.90 Å². The standard InChI is InChI=1S/C13H28N2O2/c1-12(15(2)13-5-6-13)11-14-7-10-17-9-4-8-16-3/h12-14H,4-11H2,1-3H3. The third-order valence-electron chi connectivity index (χ3n) is 3.32. The number of methoxy groups -OCH3 is 1. The van der Waals surface area contributed by atoms with Crippen LogP contribution >= 0.6 is 0 Å². The van der Waals surface area contributed by atoms with E-state index in [1.54, 1.807) is 7.11 Å². The summed E-state index contributed by atoms with van der Waals surface area (Å²) >= 11 is 0. The van der Waals surface area contributed by atoms with Gasteiger partial charge in [0.2, 0.25) is 0 Å². The van der Waals surface area contributed by atoms with E-state index in [1.165, 1.54) is 12.8 Å². The van der Waals surface area contributed by atoms with E-state index in [1.807, 2.05) is 0 Å². The molecule has 0 amide bonds. The van der Waals surface area contributed by atoms with Gasteiger partial charge in [-0.15, -0.1) is 0 Å². The molecule has 1 fully saturated rings. The van der Waals surface area contributed by atoms with Crippen molar-refractivity contribution in [2.45, 2.75) is 38.3 Å². The average molecular weight is 244 g/mol. The number of hydrogen-bond donors (Lipinski definition) is 1. The van der Waals surface area contributed by atoms with Crippen molar-refractivity contribution in [3.05, 3.63) is 0 Å². The van der Waals surface area contributed by atoms with Gasteiger partial charge in [-0.1, -0.05) is 0 Å². The van der Waals surface area contributed by atoms with Crippen LogP contribution in [0.3, 0.4) is 0 Å². The summed E-state index contributed by atoms with van der Waals surface area (Å²) in [7, 11) is 3.95. The van der Waals surface area contributed by atoms with Crippen LogP contribution in [0, 0.1) is 0 Å². The Kier molecular flexibility index (Phi) is 7.77. The van der Waals surface area contributed by atoms with Gasteiger partial charge in [0.25, 0.3) is 0 Å². The van der Waals surface area contributed by atoms with Crippen molar-refractivity contribution in [3.8, 4) is 0 Å². The Morgan fingerprint density at radius 3 is 2.71 bits per heavy atom. The lowest BCUT2D eigenvalue weighted by molar-refractivity contribution is 0.103. The Morgan fingerprint density at radius 1 is 1.29 bits per heavy atom. The highest BCUT2D eigenvalue weighted by atomic mass is 16.5. The molecule has 1 N–H and O–H groups in total. The van der Waals surface area contributed by atoms with E-state index < -0.39 is 0 Å². The van der Waals surface area contributed by atoms with Crippen LogP contribution in [0.1, 0.15) is 26.2 Å². The molecule has 1 unspecified atom stereocenters. The molecule has 1 saturated carbocycles. The van der Waals surface area contributed by atoms with Gasteiger partial charge in [-0.05, 0) is 33.2 Å². The Hall–Kier alpha value is -0.160. The predicted octanol–water partition coefficient (Wildman–Crippen LogP) is 1.11. The van der Waals surface area contributed by atoms with Crippen molar-refractivity contribution in [3.63, 3.8) is 0 Å². The maximum absolute atomic E-state index is 5.48. The Balaban J connectivity index is 1.83. The molecular formula is C13H28N2O2. The molecule has 0 aliphatic heterocycles. The Bertz CT molecular complexity index is 186. The number of nitrogens with zero attached hydrogens (tertiary/aromatic N) is 1. The molecule has 0 radical (unpaired) electrons. The number of nitrogens with one attached hydrogen (secondary N) is 1. The molecule has 1 rings (SSSR count). The van der Waals surface area contributed by atoms with Crippen molar-refractivity contribution in [2.24, 2.45) is 0 Å². The lowest BCUT2D eigenvalue weighted by Gasteiger charge is -2.24.